The molecule has 6 nitrogen and oxygen atoms in total. The molecule has 158 valence electrons. The van der Waals surface area contributed by atoms with E-state index in [1.54, 1.807) is 0 Å². The lowest BCUT2D eigenvalue weighted by Crippen LogP contribution is -2.50. The van der Waals surface area contributed by atoms with Crippen molar-refractivity contribution in [1.29, 1.82) is 0 Å². The summed E-state index contributed by atoms with van der Waals surface area (Å²) in [5.41, 5.74) is 1.47. The molecule has 1 aromatic carbocycles. The summed E-state index contributed by atoms with van der Waals surface area (Å²) in [4.78, 5) is 20.3. The van der Waals surface area contributed by atoms with Crippen LogP contribution >= 0.6 is 0 Å². The Morgan fingerprint density at radius 1 is 0.966 bits per heavy atom. The minimum atomic E-state index is 0.272. The van der Waals surface area contributed by atoms with Crippen LogP contribution in [0.2, 0.25) is 0 Å². The Kier molecular flexibility index (Phi) is 5.16. The molecule has 3 heterocycles. The third-order valence-electron chi connectivity index (χ3n) is 7.81. The first-order chi connectivity index (χ1) is 14.1. The summed E-state index contributed by atoms with van der Waals surface area (Å²) < 4.78 is 5.51. The zero-order valence-corrected chi connectivity index (χ0v) is 17.3. The molecule has 1 spiro atoms. The molecule has 29 heavy (non-hydrogen) atoms. The minimum Gasteiger partial charge on any atom is -0.593 e. The Morgan fingerprint density at radius 3 is 2.28 bits per heavy atom. The summed E-state index contributed by atoms with van der Waals surface area (Å²) >= 11 is 0. The second-order valence-corrected chi connectivity index (χ2v) is 9.36. The Balaban J connectivity index is 1.11. The maximum atomic E-state index is 13.2. The molecule has 1 aromatic rings. The van der Waals surface area contributed by atoms with Crippen LogP contribution in [0.25, 0.3) is 0 Å². The van der Waals surface area contributed by atoms with Crippen LogP contribution in [0.15, 0.2) is 24.3 Å². The van der Waals surface area contributed by atoms with E-state index >= 15 is 0 Å². The van der Waals surface area contributed by atoms with Crippen molar-refractivity contribution in [3.63, 3.8) is 0 Å². The summed E-state index contributed by atoms with van der Waals surface area (Å²) in [6.07, 6.45) is 5.84. The minimum absolute atomic E-state index is 0.272. The van der Waals surface area contributed by atoms with Crippen molar-refractivity contribution >= 4 is 11.6 Å². The molecule has 1 aliphatic carbocycles. The van der Waals surface area contributed by atoms with Crippen LogP contribution < -0.4 is 4.90 Å². The van der Waals surface area contributed by atoms with Gasteiger partial charge in [0.1, 0.15) is 0 Å². The number of carbonyl (C=O) groups excluding carboxylic acids is 1. The number of carbonyl (C=O) groups is 1. The Hall–Kier alpha value is -1.79. The Morgan fingerprint density at radius 2 is 1.62 bits per heavy atom. The van der Waals surface area contributed by atoms with Crippen LogP contribution in [-0.4, -0.2) is 79.3 Å². The molecule has 3 saturated heterocycles. The van der Waals surface area contributed by atoms with E-state index in [4.69, 9.17) is 9.84 Å². The monoisotopic (exact) mass is 400 g/mol. The van der Waals surface area contributed by atoms with Gasteiger partial charge in [-0.05, 0) is 62.7 Å². The maximum absolute atomic E-state index is 13.2. The van der Waals surface area contributed by atoms with E-state index in [1.807, 2.05) is 24.3 Å². The van der Waals surface area contributed by atoms with Crippen molar-refractivity contribution in [3.8, 4) is 5.75 Å². The van der Waals surface area contributed by atoms with Gasteiger partial charge >= 0.3 is 0 Å². The topological polar surface area (TPSA) is 58.9 Å². The molecule has 4 aliphatic rings. The number of amides is 1. The number of hydrogen-bond acceptors (Lipinski definition) is 4. The number of rotatable bonds is 3. The third-order valence-corrected chi connectivity index (χ3v) is 7.81. The number of benzene rings is 1. The molecule has 0 radical (unpaired) electrons. The summed E-state index contributed by atoms with van der Waals surface area (Å²) in [5.74, 6) is 1.23. The van der Waals surface area contributed by atoms with Gasteiger partial charge in [0.15, 0.2) is 0 Å². The smallest absolute Gasteiger partial charge is 0.253 e. The first-order valence-electron chi connectivity index (χ1n) is 11.3. The fraction of sp³-hybridized carbons (Fsp3) is 0.696. The third kappa shape index (κ3) is 3.84. The second-order valence-electron chi connectivity index (χ2n) is 9.36. The lowest BCUT2D eigenvalue weighted by Gasteiger charge is -2.40. The zero-order valence-electron chi connectivity index (χ0n) is 17.3. The Labute approximate surface area is 173 Å². The Bertz CT molecular complexity index is 715. The van der Waals surface area contributed by atoms with Crippen LogP contribution in [0, 0.1) is 11.3 Å². The van der Waals surface area contributed by atoms with E-state index in [-0.39, 0.29) is 5.92 Å². The highest BCUT2D eigenvalue weighted by Gasteiger charge is 2.59. The first kappa shape index (κ1) is 19.2. The first-order valence-corrected chi connectivity index (χ1v) is 11.3. The molecule has 5 rings (SSSR count). The van der Waals surface area contributed by atoms with Crippen LogP contribution in [0.5, 0.6) is 5.75 Å². The van der Waals surface area contributed by atoms with Crippen LogP contribution in [-0.2, 0) is 9.53 Å². The van der Waals surface area contributed by atoms with Crippen molar-refractivity contribution in [2.75, 3.05) is 57.4 Å². The molecule has 1 saturated carbocycles. The van der Waals surface area contributed by atoms with Crippen LogP contribution in [0.1, 0.15) is 32.1 Å². The number of likely N-dealkylation sites (tertiary alicyclic amines) is 1. The zero-order chi connectivity index (χ0) is 19.8. The lowest BCUT2D eigenvalue weighted by atomic mass is 9.89. The predicted octanol–water partition coefficient (Wildman–Crippen LogP) is 2.05. The van der Waals surface area contributed by atoms with Gasteiger partial charge in [-0.3, -0.25) is 4.79 Å². The molecule has 4 fully saturated rings. The van der Waals surface area contributed by atoms with Crippen molar-refractivity contribution in [3.05, 3.63) is 24.3 Å². The lowest BCUT2D eigenvalue weighted by molar-refractivity contribution is -0.134. The van der Waals surface area contributed by atoms with Crippen molar-refractivity contribution in [2.45, 2.75) is 38.1 Å². The molecule has 6 heteroatoms. The predicted molar refractivity (Wildman–Crippen MR) is 113 cm³/mol. The average molecular weight is 401 g/mol. The average Bonchev–Trinajstić information content (AvgIpc) is 3.48. The van der Waals surface area contributed by atoms with E-state index in [9.17, 15) is 4.79 Å². The second kappa shape index (κ2) is 7.80. The van der Waals surface area contributed by atoms with E-state index in [0.717, 1.165) is 64.6 Å². The SMILES string of the molecule is O=C(C1CC12CCN(C1CCOCC1)CC2)N1CCN(c2ccc([OH2+])cc2)CC1. The van der Waals surface area contributed by atoms with Gasteiger partial charge in [-0.1, -0.05) is 0 Å². The van der Waals surface area contributed by atoms with Gasteiger partial charge in [-0.2, -0.15) is 0 Å². The van der Waals surface area contributed by atoms with Crippen molar-refractivity contribution in [2.24, 2.45) is 11.3 Å². The largest absolute Gasteiger partial charge is 0.593 e. The fourth-order valence-corrected chi connectivity index (χ4v) is 5.71. The van der Waals surface area contributed by atoms with Gasteiger partial charge in [0.25, 0.3) is 5.75 Å². The van der Waals surface area contributed by atoms with Gasteiger partial charge in [0.05, 0.1) is 0 Å². The van der Waals surface area contributed by atoms with Gasteiger partial charge < -0.3 is 24.5 Å². The van der Waals surface area contributed by atoms with Gasteiger partial charge in [-0.15, -0.1) is 0 Å². The maximum Gasteiger partial charge on any atom is 0.253 e. The standard InChI is InChI=1S/C23H33N3O3/c27-20-3-1-18(2-4-20)25-11-13-26(14-12-25)22(28)21-17-23(21)7-9-24(10-8-23)19-5-15-29-16-6-19/h1-4,19,21,27H,5-17H2/p+1. The molecule has 1 atom stereocenters. The number of hydrogen-bond donors (Lipinski definition) is 0. The number of nitrogens with zero attached hydrogens (tertiary/aromatic N) is 3. The van der Waals surface area contributed by atoms with Gasteiger partial charge in [0.2, 0.25) is 5.91 Å². The summed E-state index contributed by atoms with van der Waals surface area (Å²) in [6.45, 7) is 7.56. The molecule has 3 aliphatic heterocycles. The van der Waals surface area contributed by atoms with Crippen LogP contribution in [0.4, 0.5) is 5.69 Å². The molecule has 1 unspecified atom stereocenters. The molecular weight excluding hydrogens is 366 g/mol. The fourth-order valence-electron chi connectivity index (χ4n) is 5.71. The van der Waals surface area contributed by atoms with E-state index in [0.29, 0.717) is 23.1 Å². The highest BCUT2D eigenvalue weighted by molar-refractivity contribution is 5.83. The normalized spacial score (nSPS) is 27.9. The van der Waals surface area contributed by atoms with Crippen molar-refractivity contribution in [1.82, 2.24) is 9.80 Å². The van der Waals surface area contributed by atoms with E-state index in [2.05, 4.69) is 14.7 Å². The van der Waals surface area contributed by atoms with Gasteiger partial charge in [-0.25, -0.2) is 0 Å². The van der Waals surface area contributed by atoms with Crippen LogP contribution in [0.3, 0.4) is 0 Å². The summed E-state index contributed by atoms with van der Waals surface area (Å²) in [5, 5.41) is 7.63. The van der Waals surface area contributed by atoms with Gasteiger partial charge in [0, 0.05) is 69.2 Å². The molecule has 0 bridgehead atoms. The van der Waals surface area contributed by atoms with E-state index < -0.39 is 0 Å². The molecule has 0 aromatic heterocycles. The number of piperazine rings is 1. The summed E-state index contributed by atoms with van der Waals surface area (Å²) in [6, 6.07) is 8.41. The summed E-state index contributed by atoms with van der Waals surface area (Å²) in [7, 11) is 0. The number of piperidine rings is 1. The quantitative estimate of drug-likeness (QED) is 0.729. The number of ether oxygens (including phenoxy) is 1. The molecule has 2 N–H and O–H groups in total. The highest BCUT2D eigenvalue weighted by Crippen LogP contribution is 2.60. The highest BCUT2D eigenvalue weighted by atomic mass is 16.5. The van der Waals surface area contributed by atoms with E-state index in [1.165, 1.54) is 25.7 Å². The molecule has 1 amide bonds. The number of anilines is 1. The molecular formula is C23H34N3O3+. The van der Waals surface area contributed by atoms with Crippen molar-refractivity contribution < 1.29 is 14.6 Å².